The Morgan fingerprint density at radius 2 is 2.03 bits per heavy atom. The van der Waals surface area contributed by atoms with Crippen LogP contribution in [0.1, 0.15) is 35.1 Å². The van der Waals surface area contributed by atoms with Gasteiger partial charge in [-0.1, -0.05) is 24.6 Å². The molecule has 1 aliphatic heterocycles. The van der Waals surface area contributed by atoms with Gasteiger partial charge in [-0.2, -0.15) is 5.10 Å². The molecular weight excluding hydrogens is 410 g/mol. The summed E-state index contributed by atoms with van der Waals surface area (Å²) in [5.74, 6) is 0.0251. The van der Waals surface area contributed by atoms with Gasteiger partial charge in [-0.15, -0.1) is 11.3 Å². The lowest BCUT2D eigenvalue weighted by Crippen LogP contribution is -2.40. The van der Waals surface area contributed by atoms with Crippen molar-refractivity contribution in [3.63, 3.8) is 0 Å². The van der Waals surface area contributed by atoms with Crippen molar-refractivity contribution >= 4 is 45.0 Å². The summed E-state index contributed by atoms with van der Waals surface area (Å²) in [5.41, 5.74) is 1.64. The molecule has 4 rings (SSSR count). The van der Waals surface area contributed by atoms with Gasteiger partial charge in [-0.25, -0.2) is 9.48 Å². The molecule has 0 N–H and O–H groups in total. The van der Waals surface area contributed by atoms with Crippen molar-refractivity contribution in [1.29, 1.82) is 0 Å². The Labute approximate surface area is 178 Å². The molecule has 0 spiro atoms. The number of fused-ring (bicyclic) bond motifs is 1. The molecule has 1 aliphatic rings. The molecule has 6 nitrogen and oxygen atoms in total. The standard InChI is InChI=1S/C21H22ClN3O3S/c1-13-6-8-24(9-7-13)19(26)12-28-21(27)18-11-17-14(2)23-25(20(17)29-18)16-5-3-4-15(22)10-16/h3-5,10-11,13H,6-9,12H2,1-2H3. The van der Waals surface area contributed by atoms with E-state index in [9.17, 15) is 9.59 Å². The molecule has 1 aromatic carbocycles. The average molecular weight is 432 g/mol. The lowest BCUT2D eigenvalue weighted by Gasteiger charge is -2.30. The number of halogens is 1. The second-order valence-corrected chi connectivity index (χ2v) is 8.91. The number of piperidine rings is 1. The van der Waals surface area contributed by atoms with Crippen molar-refractivity contribution in [2.75, 3.05) is 19.7 Å². The summed E-state index contributed by atoms with van der Waals surface area (Å²) in [6, 6.07) is 9.17. The zero-order chi connectivity index (χ0) is 20.5. The van der Waals surface area contributed by atoms with Crippen LogP contribution < -0.4 is 0 Å². The molecule has 3 heterocycles. The molecule has 0 aliphatic carbocycles. The molecule has 152 valence electrons. The molecule has 1 saturated heterocycles. The van der Waals surface area contributed by atoms with Crippen LogP contribution in [0.4, 0.5) is 0 Å². The van der Waals surface area contributed by atoms with Gasteiger partial charge < -0.3 is 9.64 Å². The van der Waals surface area contributed by atoms with E-state index >= 15 is 0 Å². The van der Waals surface area contributed by atoms with Crippen LogP contribution >= 0.6 is 22.9 Å². The molecule has 0 saturated carbocycles. The summed E-state index contributed by atoms with van der Waals surface area (Å²) in [7, 11) is 0. The van der Waals surface area contributed by atoms with Gasteiger partial charge in [0.1, 0.15) is 9.71 Å². The quantitative estimate of drug-likeness (QED) is 0.572. The average Bonchev–Trinajstić information content (AvgIpc) is 3.27. The fourth-order valence-electron chi connectivity index (χ4n) is 3.48. The van der Waals surface area contributed by atoms with E-state index in [2.05, 4.69) is 12.0 Å². The molecule has 0 bridgehead atoms. The van der Waals surface area contributed by atoms with Gasteiger partial charge in [0.05, 0.1) is 11.4 Å². The monoisotopic (exact) mass is 431 g/mol. The summed E-state index contributed by atoms with van der Waals surface area (Å²) in [4.78, 5) is 27.9. The fraction of sp³-hybridized carbons (Fsp3) is 0.381. The zero-order valence-electron chi connectivity index (χ0n) is 16.4. The third-order valence-corrected chi connectivity index (χ3v) is 6.59. The van der Waals surface area contributed by atoms with Crippen LogP contribution in [0.25, 0.3) is 15.9 Å². The number of thiophene rings is 1. The summed E-state index contributed by atoms with van der Waals surface area (Å²) in [5, 5.41) is 6.06. The van der Waals surface area contributed by atoms with Gasteiger partial charge in [-0.05, 0) is 49.9 Å². The minimum Gasteiger partial charge on any atom is -0.451 e. The largest absolute Gasteiger partial charge is 0.451 e. The highest BCUT2D eigenvalue weighted by Crippen LogP contribution is 2.31. The van der Waals surface area contributed by atoms with E-state index in [-0.39, 0.29) is 12.5 Å². The Kier molecular flexibility index (Phi) is 5.61. The number of hydrogen-bond acceptors (Lipinski definition) is 5. The maximum absolute atomic E-state index is 12.5. The minimum atomic E-state index is -0.484. The summed E-state index contributed by atoms with van der Waals surface area (Å²) < 4.78 is 7.08. The number of nitrogens with zero attached hydrogens (tertiary/aromatic N) is 3. The molecule has 29 heavy (non-hydrogen) atoms. The highest BCUT2D eigenvalue weighted by molar-refractivity contribution is 7.20. The van der Waals surface area contributed by atoms with E-state index in [1.807, 2.05) is 25.1 Å². The maximum Gasteiger partial charge on any atom is 0.348 e. The van der Waals surface area contributed by atoms with Gasteiger partial charge in [0.25, 0.3) is 5.91 Å². The van der Waals surface area contributed by atoms with Crippen molar-refractivity contribution < 1.29 is 14.3 Å². The van der Waals surface area contributed by atoms with Gasteiger partial charge in [0.2, 0.25) is 0 Å². The first-order valence-electron chi connectivity index (χ1n) is 9.62. The molecule has 0 unspecified atom stereocenters. The summed E-state index contributed by atoms with van der Waals surface area (Å²) >= 11 is 7.40. The predicted molar refractivity (Wildman–Crippen MR) is 114 cm³/mol. The summed E-state index contributed by atoms with van der Waals surface area (Å²) in [6.45, 7) is 5.33. The molecule has 2 aromatic heterocycles. The van der Waals surface area contributed by atoms with Crippen molar-refractivity contribution in [2.24, 2.45) is 5.92 Å². The molecule has 3 aromatic rings. The minimum absolute atomic E-state index is 0.132. The Bertz CT molecular complexity index is 1070. The number of ether oxygens (including phenoxy) is 1. The van der Waals surface area contributed by atoms with Crippen molar-refractivity contribution in [3.8, 4) is 5.69 Å². The van der Waals surface area contributed by atoms with Crippen LogP contribution in [0.15, 0.2) is 30.3 Å². The Morgan fingerprint density at radius 3 is 2.76 bits per heavy atom. The van der Waals surface area contributed by atoms with E-state index in [0.717, 1.165) is 47.5 Å². The van der Waals surface area contributed by atoms with Crippen LogP contribution in [0.5, 0.6) is 0 Å². The van der Waals surface area contributed by atoms with Crippen LogP contribution in [0.2, 0.25) is 5.02 Å². The topological polar surface area (TPSA) is 64.4 Å². The van der Waals surface area contributed by atoms with E-state index in [0.29, 0.717) is 15.8 Å². The highest BCUT2D eigenvalue weighted by Gasteiger charge is 2.23. The number of carbonyl (C=O) groups is 2. The molecule has 8 heteroatoms. The Morgan fingerprint density at radius 1 is 1.28 bits per heavy atom. The Balaban J connectivity index is 1.49. The van der Waals surface area contributed by atoms with Gasteiger partial charge in [0.15, 0.2) is 6.61 Å². The molecule has 0 radical (unpaired) electrons. The van der Waals surface area contributed by atoms with E-state index in [4.69, 9.17) is 16.3 Å². The predicted octanol–water partition coefficient (Wildman–Crippen LogP) is 4.46. The van der Waals surface area contributed by atoms with Crippen LogP contribution in [0.3, 0.4) is 0 Å². The SMILES string of the molecule is Cc1nn(-c2cccc(Cl)c2)c2sc(C(=O)OCC(=O)N3CCC(C)CC3)cc12. The van der Waals surface area contributed by atoms with Crippen LogP contribution in [-0.2, 0) is 9.53 Å². The third-order valence-electron chi connectivity index (χ3n) is 5.26. The normalized spacial score (nSPS) is 15.1. The van der Waals surface area contributed by atoms with Gasteiger partial charge in [0, 0.05) is 23.5 Å². The number of likely N-dealkylation sites (tertiary alicyclic amines) is 1. The van der Waals surface area contributed by atoms with Gasteiger partial charge >= 0.3 is 5.97 Å². The van der Waals surface area contributed by atoms with E-state index in [1.54, 1.807) is 21.7 Å². The lowest BCUT2D eigenvalue weighted by atomic mass is 9.99. The van der Waals surface area contributed by atoms with E-state index in [1.165, 1.54) is 11.3 Å². The van der Waals surface area contributed by atoms with Crippen LogP contribution in [0, 0.1) is 12.8 Å². The second kappa shape index (κ2) is 8.16. The number of hydrogen-bond donors (Lipinski definition) is 0. The lowest BCUT2D eigenvalue weighted by molar-refractivity contribution is -0.135. The first kappa shape index (κ1) is 19.9. The highest BCUT2D eigenvalue weighted by atomic mass is 35.5. The number of amides is 1. The number of aromatic nitrogens is 2. The summed E-state index contributed by atoms with van der Waals surface area (Å²) in [6.07, 6.45) is 1.99. The number of esters is 1. The van der Waals surface area contributed by atoms with Crippen LogP contribution in [-0.4, -0.2) is 46.3 Å². The molecule has 1 amide bonds. The fourth-order valence-corrected chi connectivity index (χ4v) is 4.74. The first-order valence-corrected chi connectivity index (χ1v) is 10.8. The molecule has 0 atom stereocenters. The smallest absolute Gasteiger partial charge is 0.348 e. The number of carbonyl (C=O) groups excluding carboxylic acids is 2. The van der Waals surface area contributed by atoms with Crippen molar-refractivity contribution in [2.45, 2.75) is 26.7 Å². The molecular formula is C21H22ClN3O3S. The van der Waals surface area contributed by atoms with Gasteiger partial charge in [-0.3, -0.25) is 4.79 Å². The zero-order valence-corrected chi connectivity index (χ0v) is 17.9. The number of aryl methyl sites for hydroxylation is 1. The Hall–Kier alpha value is -2.38. The first-order chi connectivity index (χ1) is 13.9. The van der Waals surface area contributed by atoms with E-state index < -0.39 is 5.97 Å². The second-order valence-electron chi connectivity index (χ2n) is 7.45. The third kappa shape index (κ3) is 4.16. The van der Waals surface area contributed by atoms with Crippen molar-refractivity contribution in [1.82, 2.24) is 14.7 Å². The number of benzene rings is 1. The van der Waals surface area contributed by atoms with Crippen molar-refractivity contribution in [3.05, 3.63) is 45.9 Å². The number of rotatable bonds is 4. The molecule has 1 fully saturated rings. The maximum atomic E-state index is 12.5.